The third kappa shape index (κ3) is 7.05. The summed E-state index contributed by atoms with van der Waals surface area (Å²) in [4.78, 5) is 7.57. The maximum absolute atomic E-state index is 2.67. The summed E-state index contributed by atoms with van der Waals surface area (Å²) < 4.78 is 0. The van der Waals surface area contributed by atoms with Crippen molar-refractivity contribution in [3.05, 3.63) is 0 Å². The van der Waals surface area contributed by atoms with E-state index in [-0.39, 0.29) is 0 Å². The number of likely N-dealkylation sites (tertiary alicyclic amines) is 1. The average Bonchev–Trinajstić information content (AvgIpc) is 2.49. The Balaban J connectivity index is 0.000000829. The van der Waals surface area contributed by atoms with Crippen LogP contribution in [-0.2, 0) is 0 Å². The van der Waals surface area contributed by atoms with Crippen molar-refractivity contribution in [1.29, 1.82) is 0 Å². The fraction of sp³-hybridized carbons (Fsp3) is 1.00. The highest BCUT2D eigenvalue weighted by atomic mass is 15.2. The van der Waals surface area contributed by atoms with Crippen molar-refractivity contribution >= 4 is 0 Å². The van der Waals surface area contributed by atoms with Crippen LogP contribution in [0.2, 0.25) is 0 Å². The van der Waals surface area contributed by atoms with Gasteiger partial charge in [-0.3, -0.25) is 0 Å². The minimum atomic E-state index is 0.572. The smallest absolute Gasteiger partial charge is 0.0110 e. The van der Waals surface area contributed by atoms with Crippen molar-refractivity contribution in [3.8, 4) is 0 Å². The molecule has 20 heavy (non-hydrogen) atoms. The van der Waals surface area contributed by atoms with E-state index in [2.05, 4.69) is 35.7 Å². The first-order valence-electron chi connectivity index (χ1n) is 8.67. The molecule has 0 aromatic heterocycles. The Labute approximate surface area is 128 Å². The van der Waals surface area contributed by atoms with Gasteiger partial charge in [-0.05, 0) is 45.4 Å². The lowest BCUT2D eigenvalue weighted by Gasteiger charge is -2.43. The molecule has 0 unspecified atom stereocenters. The van der Waals surface area contributed by atoms with Gasteiger partial charge >= 0.3 is 0 Å². The minimum absolute atomic E-state index is 0.572. The van der Waals surface area contributed by atoms with Crippen LogP contribution >= 0.6 is 0 Å². The second kappa shape index (κ2) is 10.6. The van der Waals surface area contributed by atoms with Gasteiger partial charge in [0.15, 0.2) is 0 Å². The number of nitrogens with zero attached hydrogens (tertiary/aromatic N) is 3. The molecule has 0 spiro atoms. The topological polar surface area (TPSA) is 9.72 Å². The van der Waals surface area contributed by atoms with E-state index in [0.29, 0.717) is 5.41 Å². The second-order valence-corrected chi connectivity index (χ2v) is 6.19. The van der Waals surface area contributed by atoms with E-state index in [0.717, 1.165) is 0 Å². The maximum atomic E-state index is 2.67. The molecule has 0 aliphatic carbocycles. The Morgan fingerprint density at radius 2 is 1.10 bits per heavy atom. The van der Waals surface area contributed by atoms with E-state index >= 15 is 0 Å². The molecule has 3 nitrogen and oxygen atoms in total. The van der Waals surface area contributed by atoms with Gasteiger partial charge in [0.25, 0.3) is 0 Å². The molecule has 0 atom stereocenters. The number of hydrogen-bond acceptors (Lipinski definition) is 3. The van der Waals surface area contributed by atoms with Crippen molar-refractivity contribution in [3.63, 3.8) is 0 Å². The van der Waals surface area contributed by atoms with E-state index < -0.39 is 0 Å². The highest BCUT2D eigenvalue weighted by Gasteiger charge is 2.31. The Bertz CT molecular complexity index is 214. The van der Waals surface area contributed by atoms with Crippen LogP contribution < -0.4 is 0 Å². The molecule has 2 fully saturated rings. The fourth-order valence-corrected chi connectivity index (χ4v) is 2.86. The lowest BCUT2D eigenvalue weighted by molar-refractivity contribution is 0.0615. The largest absolute Gasteiger partial charge is 0.306 e. The third-order valence-electron chi connectivity index (χ3n) is 4.40. The van der Waals surface area contributed by atoms with Crippen molar-refractivity contribution in [2.45, 2.75) is 47.5 Å². The summed E-state index contributed by atoms with van der Waals surface area (Å²) >= 11 is 0. The standard InChI is InChI=1S/C13H27N3.2C2H6/c1-13(4-6-14(2)7-5-13)12-16-10-8-15(3)9-11-16;2*1-2/h4-12H2,1-3H3;2*1-2H3. The lowest BCUT2D eigenvalue weighted by atomic mass is 9.80. The zero-order valence-electron chi connectivity index (χ0n) is 15.2. The molecule has 2 rings (SSSR count). The zero-order valence-corrected chi connectivity index (χ0v) is 15.2. The van der Waals surface area contributed by atoms with E-state index in [1.807, 2.05) is 27.7 Å². The molecule has 0 N–H and O–H groups in total. The van der Waals surface area contributed by atoms with Gasteiger partial charge in [-0.2, -0.15) is 0 Å². The minimum Gasteiger partial charge on any atom is -0.306 e. The molecule has 2 aliphatic heterocycles. The number of likely N-dealkylation sites (N-methyl/N-ethyl adjacent to an activating group) is 1. The average molecular weight is 286 g/mol. The summed E-state index contributed by atoms with van der Waals surface area (Å²) in [6, 6.07) is 0. The molecule has 2 aliphatic rings. The normalized spacial score (nSPS) is 24.1. The van der Waals surface area contributed by atoms with Gasteiger partial charge in [-0.15, -0.1) is 0 Å². The van der Waals surface area contributed by atoms with Gasteiger partial charge in [-0.25, -0.2) is 0 Å². The molecule has 0 bridgehead atoms. The Morgan fingerprint density at radius 1 is 0.700 bits per heavy atom. The summed E-state index contributed by atoms with van der Waals surface area (Å²) in [6.45, 7) is 19.4. The molecule has 0 saturated carbocycles. The van der Waals surface area contributed by atoms with Crippen LogP contribution in [0.25, 0.3) is 0 Å². The molecule has 3 heteroatoms. The van der Waals surface area contributed by atoms with Gasteiger partial charge in [0.05, 0.1) is 0 Å². The summed E-state index contributed by atoms with van der Waals surface area (Å²) in [5, 5.41) is 0. The summed E-state index contributed by atoms with van der Waals surface area (Å²) in [7, 11) is 4.48. The number of hydrogen-bond donors (Lipinski definition) is 0. The lowest BCUT2D eigenvalue weighted by Crippen LogP contribution is -2.50. The van der Waals surface area contributed by atoms with Crippen LogP contribution in [0.4, 0.5) is 0 Å². The fourth-order valence-electron chi connectivity index (χ4n) is 2.86. The SMILES string of the molecule is CC.CC.CN1CCN(CC2(C)CCN(C)CC2)CC1. The van der Waals surface area contributed by atoms with Crippen LogP contribution in [0.1, 0.15) is 47.5 Å². The van der Waals surface area contributed by atoms with Gasteiger partial charge in [-0.1, -0.05) is 34.6 Å². The first kappa shape index (κ1) is 19.9. The van der Waals surface area contributed by atoms with Crippen molar-refractivity contribution in [2.24, 2.45) is 5.41 Å². The van der Waals surface area contributed by atoms with E-state index in [1.54, 1.807) is 0 Å². The van der Waals surface area contributed by atoms with E-state index in [1.165, 1.54) is 58.7 Å². The van der Waals surface area contributed by atoms with Crippen molar-refractivity contribution in [2.75, 3.05) is 59.9 Å². The molecule has 0 aromatic rings. The predicted octanol–water partition coefficient (Wildman–Crippen LogP) is 3.02. The van der Waals surface area contributed by atoms with Crippen molar-refractivity contribution < 1.29 is 0 Å². The number of rotatable bonds is 2. The first-order valence-corrected chi connectivity index (χ1v) is 8.67. The van der Waals surface area contributed by atoms with Gasteiger partial charge < -0.3 is 14.7 Å². The van der Waals surface area contributed by atoms with E-state index in [9.17, 15) is 0 Å². The van der Waals surface area contributed by atoms with Crippen molar-refractivity contribution in [1.82, 2.24) is 14.7 Å². The third-order valence-corrected chi connectivity index (χ3v) is 4.40. The monoisotopic (exact) mass is 285 g/mol. The Kier molecular flexibility index (Phi) is 10.5. The Morgan fingerprint density at radius 3 is 1.55 bits per heavy atom. The van der Waals surface area contributed by atoms with Crippen LogP contribution in [0.5, 0.6) is 0 Å². The molecular weight excluding hydrogens is 246 g/mol. The van der Waals surface area contributed by atoms with Gasteiger partial charge in [0.2, 0.25) is 0 Å². The number of piperazine rings is 1. The number of piperidine rings is 1. The van der Waals surface area contributed by atoms with Crippen LogP contribution in [-0.4, -0.2) is 74.6 Å². The van der Waals surface area contributed by atoms with Gasteiger partial charge in [0, 0.05) is 32.7 Å². The molecule has 0 aromatic carbocycles. The highest BCUT2D eigenvalue weighted by Crippen LogP contribution is 2.31. The van der Waals surface area contributed by atoms with Crippen LogP contribution in [0, 0.1) is 5.41 Å². The summed E-state index contributed by atoms with van der Waals surface area (Å²) in [5.41, 5.74) is 0.572. The molecule has 122 valence electrons. The van der Waals surface area contributed by atoms with E-state index in [4.69, 9.17) is 0 Å². The molecule has 0 amide bonds. The van der Waals surface area contributed by atoms with Crippen LogP contribution in [0.3, 0.4) is 0 Å². The zero-order chi connectivity index (χ0) is 15.6. The quantitative estimate of drug-likeness (QED) is 0.772. The van der Waals surface area contributed by atoms with Crippen LogP contribution in [0.15, 0.2) is 0 Å². The predicted molar refractivity (Wildman–Crippen MR) is 91.5 cm³/mol. The highest BCUT2D eigenvalue weighted by molar-refractivity contribution is 4.85. The molecular formula is C17H39N3. The molecule has 0 radical (unpaired) electrons. The maximum Gasteiger partial charge on any atom is 0.0110 e. The van der Waals surface area contributed by atoms with Gasteiger partial charge in [0.1, 0.15) is 0 Å². The Hall–Kier alpha value is -0.120. The summed E-state index contributed by atoms with van der Waals surface area (Å²) in [5.74, 6) is 0. The molecule has 2 heterocycles. The molecule has 2 saturated heterocycles. The first-order chi connectivity index (χ1) is 9.57. The summed E-state index contributed by atoms with van der Waals surface area (Å²) in [6.07, 6.45) is 2.74. The second-order valence-electron chi connectivity index (χ2n) is 6.19.